The maximum Gasteiger partial charge on any atom is 0.222 e. The van der Waals surface area contributed by atoms with Crippen molar-refractivity contribution < 1.29 is 13.2 Å². The average molecular weight is 348 g/mol. The van der Waals surface area contributed by atoms with Gasteiger partial charge < -0.3 is 9.88 Å². The van der Waals surface area contributed by atoms with Gasteiger partial charge in [-0.1, -0.05) is 24.6 Å². The zero-order valence-electron chi connectivity index (χ0n) is 14.8. The van der Waals surface area contributed by atoms with E-state index < -0.39 is 9.84 Å². The summed E-state index contributed by atoms with van der Waals surface area (Å²) >= 11 is 0. The number of aromatic nitrogens is 1. The molecule has 0 aliphatic rings. The van der Waals surface area contributed by atoms with Crippen LogP contribution in [0.2, 0.25) is 0 Å². The van der Waals surface area contributed by atoms with Crippen LogP contribution in [0.3, 0.4) is 0 Å². The maximum atomic E-state index is 13.2. The highest BCUT2D eigenvalue weighted by Crippen LogP contribution is 2.35. The van der Waals surface area contributed by atoms with Crippen LogP contribution in [-0.2, 0) is 21.2 Å². The molecule has 0 aliphatic carbocycles. The van der Waals surface area contributed by atoms with Crippen molar-refractivity contribution >= 4 is 21.6 Å². The summed E-state index contributed by atoms with van der Waals surface area (Å²) in [5.74, 6) is 0.0742. The Morgan fingerprint density at radius 3 is 2.21 bits per heavy atom. The highest BCUT2D eigenvalue weighted by molar-refractivity contribution is 7.91. The lowest BCUT2D eigenvalue weighted by atomic mass is 10.2. The number of amides is 1. The van der Waals surface area contributed by atoms with Crippen molar-refractivity contribution in [2.24, 2.45) is 0 Å². The lowest BCUT2D eigenvalue weighted by Gasteiger charge is -2.12. The van der Waals surface area contributed by atoms with Gasteiger partial charge in [0, 0.05) is 19.2 Å². The summed E-state index contributed by atoms with van der Waals surface area (Å²) in [6.07, 6.45) is 0.839. The smallest absolute Gasteiger partial charge is 0.222 e. The molecule has 1 amide bonds. The number of hydrogen-bond donors (Lipinski definition) is 1. The van der Waals surface area contributed by atoms with Crippen LogP contribution in [0, 0.1) is 20.8 Å². The first-order chi connectivity index (χ1) is 11.2. The van der Waals surface area contributed by atoms with E-state index in [1.165, 1.54) is 6.92 Å². The van der Waals surface area contributed by atoms with E-state index in [-0.39, 0.29) is 15.7 Å². The second-order valence-corrected chi connectivity index (χ2v) is 7.92. The number of nitrogens with one attached hydrogen (secondary N) is 1. The minimum absolute atomic E-state index is 0.188. The van der Waals surface area contributed by atoms with Crippen molar-refractivity contribution in [3.63, 3.8) is 0 Å². The molecule has 2 rings (SSSR count). The number of nitrogens with zero attached hydrogens (tertiary/aromatic N) is 1. The van der Waals surface area contributed by atoms with E-state index >= 15 is 0 Å². The fraction of sp³-hybridized carbons (Fsp3) is 0.389. The molecule has 1 N–H and O–H groups in total. The third kappa shape index (κ3) is 3.24. The second-order valence-electron chi connectivity index (χ2n) is 6.04. The van der Waals surface area contributed by atoms with Crippen molar-refractivity contribution in [3.8, 4) is 0 Å². The summed E-state index contributed by atoms with van der Waals surface area (Å²) in [4.78, 5) is 12.1. The van der Waals surface area contributed by atoms with E-state index in [0.717, 1.165) is 17.7 Å². The van der Waals surface area contributed by atoms with Crippen molar-refractivity contribution in [3.05, 3.63) is 41.1 Å². The van der Waals surface area contributed by atoms with E-state index in [2.05, 4.69) is 5.32 Å². The Labute approximate surface area is 143 Å². The molecular formula is C18H24N2O3S. The van der Waals surface area contributed by atoms with Crippen LogP contribution in [0.5, 0.6) is 0 Å². The Morgan fingerprint density at radius 2 is 1.71 bits per heavy atom. The third-order valence-corrected chi connectivity index (χ3v) is 6.04. The van der Waals surface area contributed by atoms with Crippen LogP contribution in [0.15, 0.2) is 34.1 Å². The van der Waals surface area contributed by atoms with Gasteiger partial charge in [0.2, 0.25) is 15.7 Å². The SMILES string of the molecule is CCCn1c(C)c(C)c(S(=O)(=O)c2ccc(C)cc2)c1NC(C)=O. The standard InChI is InChI=1S/C18H24N2O3S/c1-6-11-20-14(4)13(3)17(18(20)19-15(5)21)24(22,23)16-9-7-12(2)8-10-16/h7-10H,6,11H2,1-5H3,(H,19,21). The molecule has 130 valence electrons. The number of aryl methyl sites for hydroxylation is 1. The predicted octanol–water partition coefficient (Wildman–Crippen LogP) is 3.61. The molecule has 6 heteroatoms. The van der Waals surface area contributed by atoms with E-state index in [4.69, 9.17) is 0 Å². The zero-order valence-corrected chi connectivity index (χ0v) is 15.6. The Kier molecular flexibility index (Phi) is 5.18. The molecule has 0 unspecified atom stereocenters. The van der Waals surface area contributed by atoms with Crippen LogP contribution < -0.4 is 5.32 Å². The Bertz CT molecular complexity index is 863. The van der Waals surface area contributed by atoms with Gasteiger partial charge in [0.1, 0.15) is 10.7 Å². The Balaban J connectivity index is 2.74. The number of anilines is 1. The van der Waals surface area contributed by atoms with Gasteiger partial charge in [0.05, 0.1) is 4.90 Å². The largest absolute Gasteiger partial charge is 0.331 e. The molecule has 2 aromatic rings. The first kappa shape index (κ1) is 18.3. The van der Waals surface area contributed by atoms with Crippen LogP contribution in [-0.4, -0.2) is 18.9 Å². The molecular weight excluding hydrogens is 324 g/mol. The number of hydrogen-bond acceptors (Lipinski definition) is 3. The van der Waals surface area contributed by atoms with Crippen LogP contribution in [0.1, 0.15) is 37.1 Å². The Morgan fingerprint density at radius 1 is 1.12 bits per heavy atom. The lowest BCUT2D eigenvalue weighted by Crippen LogP contribution is -2.15. The molecule has 1 aromatic carbocycles. The van der Waals surface area contributed by atoms with Crippen LogP contribution in [0.4, 0.5) is 5.82 Å². The maximum absolute atomic E-state index is 13.2. The van der Waals surface area contributed by atoms with Crippen LogP contribution >= 0.6 is 0 Å². The molecule has 0 spiro atoms. The minimum Gasteiger partial charge on any atom is -0.331 e. The predicted molar refractivity (Wildman–Crippen MR) is 95.1 cm³/mol. The summed E-state index contributed by atoms with van der Waals surface area (Å²) < 4.78 is 28.2. The van der Waals surface area contributed by atoms with Gasteiger partial charge in [0.25, 0.3) is 0 Å². The van der Waals surface area contributed by atoms with Gasteiger partial charge in [-0.2, -0.15) is 0 Å². The van der Waals surface area contributed by atoms with Gasteiger partial charge in [-0.3, -0.25) is 4.79 Å². The third-order valence-electron chi connectivity index (χ3n) is 4.11. The highest BCUT2D eigenvalue weighted by atomic mass is 32.2. The zero-order chi connectivity index (χ0) is 18.1. The molecule has 0 radical (unpaired) electrons. The number of rotatable bonds is 5. The Hall–Kier alpha value is -2.08. The topological polar surface area (TPSA) is 68.2 Å². The minimum atomic E-state index is -3.72. The van der Waals surface area contributed by atoms with E-state index in [1.54, 1.807) is 31.2 Å². The molecule has 0 saturated carbocycles. The number of carbonyl (C=O) groups excluding carboxylic acids is 1. The summed E-state index contributed by atoms with van der Waals surface area (Å²) in [6.45, 7) is 9.62. The van der Waals surface area contributed by atoms with E-state index in [9.17, 15) is 13.2 Å². The number of carbonyl (C=O) groups is 1. The van der Waals surface area contributed by atoms with Crippen molar-refractivity contribution in [2.45, 2.75) is 57.4 Å². The van der Waals surface area contributed by atoms with Gasteiger partial charge in [-0.25, -0.2) is 8.42 Å². The molecule has 1 aromatic heterocycles. The molecule has 0 atom stereocenters. The quantitative estimate of drug-likeness (QED) is 0.897. The number of benzene rings is 1. The summed E-state index contributed by atoms with van der Waals surface area (Å²) in [5.41, 5.74) is 2.52. The first-order valence-electron chi connectivity index (χ1n) is 7.99. The van der Waals surface area contributed by atoms with Crippen LogP contribution in [0.25, 0.3) is 0 Å². The van der Waals surface area contributed by atoms with Gasteiger partial charge in [-0.05, 0) is 44.9 Å². The lowest BCUT2D eigenvalue weighted by molar-refractivity contribution is -0.114. The van der Waals surface area contributed by atoms with Gasteiger partial charge >= 0.3 is 0 Å². The molecule has 0 fully saturated rings. The van der Waals surface area contributed by atoms with E-state index in [0.29, 0.717) is 17.9 Å². The summed E-state index contributed by atoms with van der Waals surface area (Å²) in [6, 6.07) is 6.76. The molecule has 0 bridgehead atoms. The van der Waals surface area contributed by atoms with Gasteiger partial charge in [-0.15, -0.1) is 0 Å². The molecule has 0 saturated heterocycles. The molecule has 0 aliphatic heterocycles. The summed E-state index contributed by atoms with van der Waals surface area (Å²) in [7, 11) is -3.72. The fourth-order valence-electron chi connectivity index (χ4n) is 2.79. The second kappa shape index (κ2) is 6.81. The molecule has 1 heterocycles. The molecule has 5 nitrogen and oxygen atoms in total. The normalized spacial score (nSPS) is 11.5. The van der Waals surface area contributed by atoms with E-state index in [1.807, 2.05) is 25.3 Å². The molecule has 24 heavy (non-hydrogen) atoms. The first-order valence-corrected chi connectivity index (χ1v) is 9.47. The van der Waals surface area contributed by atoms with Crippen molar-refractivity contribution in [1.29, 1.82) is 0 Å². The van der Waals surface area contributed by atoms with Crippen molar-refractivity contribution in [2.75, 3.05) is 5.32 Å². The monoisotopic (exact) mass is 348 g/mol. The van der Waals surface area contributed by atoms with Crippen molar-refractivity contribution in [1.82, 2.24) is 4.57 Å². The average Bonchev–Trinajstić information content (AvgIpc) is 2.72. The summed E-state index contributed by atoms with van der Waals surface area (Å²) in [5, 5.41) is 2.72. The van der Waals surface area contributed by atoms with Gasteiger partial charge in [0.15, 0.2) is 0 Å². The highest BCUT2D eigenvalue weighted by Gasteiger charge is 2.29. The number of sulfone groups is 1. The fourth-order valence-corrected chi connectivity index (χ4v) is 4.49.